The Kier molecular flexibility index (Phi) is 6.10. The monoisotopic (exact) mass is 306 g/mol. The lowest BCUT2D eigenvalue weighted by atomic mass is 10.1. The molecular weight excluding hydrogens is 284 g/mol. The summed E-state index contributed by atoms with van der Waals surface area (Å²) in [6, 6.07) is 6.20. The minimum atomic E-state index is -1.05. The topological polar surface area (TPSA) is 86.7 Å². The minimum absolute atomic E-state index is 0.103. The van der Waals surface area contributed by atoms with E-state index in [4.69, 9.17) is 5.11 Å². The highest BCUT2D eigenvalue weighted by Gasteiger charge is 2.21. The predicted octanol–water partition coefficient (Wildman–Crippen LogP) is 2.22. The van der Waals surface area contributed by atoms with E-state index in [-0.39, 0.29) is 30.3 Å². The number of hydrogen-bond acceptors (Lipinski definition) is 3. The number of benzene rings is 1. The third-order valence-electron chi connectivity index (χ3n) is 3.11. The van der Waals surface area contributed by atoms with Gasteiger partial charge >= 0.3 is 5.97 Å². The highest BCUT2D eigenvalue weighted by Crippen LogP contribution is 2.14. The predicted molar refractivity (Wildman–Crippen MR) is 83.7 cm³/mol. The molecule has 0 radical (unpaired) electrons. The molecule has 0 saturated heterocycles. The number of nitrogens with one attached hydrogen (secondary N) is 1. The first-order chi connectivity index (χ1) is 10.2. The fraction of sp³-hybridized carbons (Fsp3) is 0.438. The van der Waals surface area contributed by atoms with Gasteiger partial charge in [-0.05, 0) is 38.1 Å². The average molecular weight is 306 g/mol. The van der Waals surface area contributed by atoms with Gasteiger partial charge in [0.2, 0.25) is 5.91 Å². The van der Waals surface area contributed by atoms with Crippen molar-refractivity contribution in [3.8, 4) is 0 Å². The molecule has 0 atom stereocenters. The molecule has 0 aromatic heterocycles. The summed E-state index contributed by atoms with van der Waals surface area (Å²) < 4.78 is 0. The molecule has 0 saturated carbocycles. The standard InChI is InChI=1S/C16H22N2O4/c1-10(2)15(21)17-13-7-5-12(6-8-13)16(22)18(11(3)4)9-14(19)20/h5-8,10-11H,9H2,1-4H3,(H,17,21)(H,19,20). The molecule has 0 aliphatic rings. The van der Waals surface area contributed by atoms with Crippen molar-refractivity contribution < 1.29 is 19.5 Å². The third kappa shape index (κ3) is 4.87. The van der Waals surface area contributed by atoms with Gasteiger partial charge in [-0.3, -0.25) is 14.4 Å². The van der Waals surface area contributed by atoms with Gasteiger partial charge in [-0.25, -0.2) is 0 Å². The van der Waals surface area contributed by atoms with E-state index >= 15 is 0 Å². The zero-order chi connectivity index (χ0) is 16.9. The summed E-state index contributed by atoms with van der Waals surface area (Å²) in [5.41, 5.74) is 0.988. The second-order valence-corrected chi connectivity index (χ2v) is 5.64. The summed E-state index contributed by atoms with van der Waals surface area (Å²) in [6.07, 6.45) is 0. The molecule has 0 spiro atoms. The Hall–Kier alpha value is -2.37. The number of anilines is 1. The second-order valence-electron chi connectivity index (χ2n) is 5.64. The number of rotatable bonds is 6. The van der Waals surface area contributed by atoms with Gasteiger partial charge in [0.05, 0.1) is 0 Å². The average Bonchev–Trinajstić information content (AvgIpc) is 2.44. The Labute approximate surface area is 130 Å². The van der Waals surface area contributed by atoms with Gasteiger partial charge in [-0.15, -0.1) is 0 Å². The number of hydrogen-bond donors (Lipinski definition) is 2. The molecular formula is C16H22N2O4. The molecule has 6 heteroatoms. The van der Waals surface area contributed by atoms with Crippen molar-refractivity contribution in [2.24, 2.45) is 5.92 Å². The van der Waals surface area contributed by atoms with E-state index in [1.165, 1.54) is 4.90 Å². The van der Waals surface area contributed by atoms with E-state index in [0.717, 1.165) is 0 Å². The molecule has 1 rings (SSSR count). The molecule has 1 aromatic carbocycles. The van der Waals surface area contributed by atoms with Gasteiger partial charge in [0.15, 0.2) is 0 Å². The highest BCUT2D eigenvalue weighted by molar-refractivity contribution is 5.97. The lowest BCUT2D eigenvalue weighted by molar-refractivity contribution is -0.138. The number of carbonyl (C=O) groups excluding carboxylic acids is 2. The van der Waals surface area contributed by atoms with Crippen LogP contribution in [0.4, 0.5) is 5.69 Å². The van der Waals surface area contributed by atoms with Crippen molar-refractivity contribution >= 4 is 23.5 Å². The maximum atomic E-state index is 12.3. The number of nitrogens with zero attached hydrogens (tertiary/aromatic N) is 1. The van der Waals surface area contributed by atoms with Crippen molar-refractivity contribution in [1.29, 1.82) is 0 Å². The van der Waals surface area contributed by atoms with Crippen LogP contribution >= 0.6 is 0 Å². The third-order valence-corrected chi connectivity index (χ3v) is 3.11. The summed E-state index contributed by atoms with van der Waals surface area (Å²) in [6.45, 7) is 6.76. The molecule has 2 amide bonds. The highest BCUT2D eigenvalue weighted by atomic mass is 16.4. The molecule has 120 valence electrons. The lowest BCUT2D eigenvalue weighted by Gasteiger charge is -2.25. The van der Waals surface area contributed by atoms with Gasteiger partial charge in [0.1, 0.15) is 6.54 Å². The Morgan fingerprint density at radius 2 is 1.64 bits per heavy atom. The van der Waals surface area contributed by atoms with Crippen LogP contribution in [0, 0.1) is 5.92 Å². The van der Waals surface area contributed by atoms with Crippen LogP contribution in [0.1, 0.15) is 38.1 Å². The summed E-state index contributed by atoms with van der Waals surface area (Å²) >= 11 is 0. The first kappa shape index (κ1) is 17.7. The summed E-state index contributed by atoms with van der Waals surface area (Å²) in [5.74, 6) is -1.64. The van der Waals surface area contributed by atoms with Gasteiger partial charge in [0.25, 0.3) is 5.91 Å². The van der Waals surface area contributed by atoms with Crippen LogP contribution in [-0.4, -0.2) is 40.4 Å². The van der Waals surface area contributed by atoms with Crippen molar-refractivity contribution in [3.63, 3.8) is 0 Å². The van der Waals surface area contributed by atoms with Crippen LogP contribution in [-0.2, 0) is 9.59 Å². The molecule has 0 aliphatic carbocycles. The van der Waals surface area contributed by atoms with Crippen LogP contribution in [0.25, 0.3) is 0 Å². The van der Waals surface area contributed by atoms with Crippen molar-refractivity contribution in [1.82, 2.24) is 4.90 Å². The Morgan fingerprint density at radius 1 is 1.09 bits per heavy atom. The van der Waals surface area contributed by atoms with Crippen molar-refractivity contribution in [2.45, 2.75) is 33.7 Å². The first-order valence-corrected chi connectivity index (χ1v) is 7.16. The maximum absolute atomic E-state index is 12.3. The summed E-state index contributed by atoms with van der Waals surface area (Å²) in [5, 5.41) is 11.6. The zero-order valence-electron chi connectivity index (χ0n) is 13.3. The molecule has 0 heterocycles. The smallest absolute Gasteiger partial charge is 0.323 e. The Balaban J connectivity index is 2.86. The van der Waals surface area contributed by atoms with Crippen LogP contribution in [0.5, 0.6) is 0 Å². The van der Waals surface area contributed by atoms with Gasteiger partial charge < -0.3 is 15.3 Å². The molecule has 0 aliphatic heterocycles. The maximum Gasteiger partial charge on any atom is 0.323 e. The van der Waals surface area contributed by atoms with Crippen LogP contribution in [0.15, 0.2) is 24.3 Å². The van der Waals surface area contributed by atoms with Crippen molar-refractivity contribution in [3.05, 3.63) is 29.8 Å². The fourth-order valence-corrected chi connectivity index (χ4v) is 1.78. The molecule has 0 fully saturated rings. The summed E-state index contributed by atoms with van der Waals surface area (Å²) in [7, 11) is 0. The van der Waals surface area contributed by atoms with Gasteiger partial charge in [-0.2, -0.15) is 0 Å². The van der Waals surface area contributed by atoms with E-state index in [2.05, 4.69) is 5.32 Å². The number of aliphatic carboxylic acids is 1. The van der Waals surface area contributed by atoms with E-state index in [1.807, 2.05) is 0 Å². The van der Waals surface area contributed by atoms with Crippen molar-refractivity contribution in [2.75, 3.05) is 11.9 Å². The second kappa shape index (κ2) is 7.59. The number of carboxylic acid groups (broad SMARTS) is 1. The van der Waals surface area contributed by atoms with Gasteiger partial charge in [0, 0.05) is 23.2 Å². The van der Waals surface area contributed by atoms with E-state index < -0.39 is 5.97 Å². The van der Waals surface area contributed by atoms with Crippen LogP contribution < -0.4 is 5.32 Å². The Bertz CT molecular complexity index is 550. The normalized spacial score (nSPS) is 10.6. The van der Waals surface area contributed by atoms with E-state index in [9.17, 15) is 14.4 Å². The molecule has 2 N–H and O–H groups in total. The number of amides is 2. The fourth-order valence-electron chi connectivity index (χ4n) is 1.78. The van der Waals surface area contributed by atoms with Crippen LogP contribution in [0.2, 0.25) is 0 Å². The van der Waals surface area contributed by atoms with E-state index in [0.29, 0.717) is 11.3 Å². The molecule has 1 aromatic rings. The lowest BCUT2D eigenvalue weighted by Crippen LogP contribution is -2.40. The SMILES string of the molecule is CC(C)C(=O)Nc1ccc(C(=O)N(CC(=O)O)C(C)C)cc1. The van der Waals surface area contributed by atoms with Crippen LogP contribution in [0.3, 0.4) is 0 Å². The Morgan fingerprint density at radius 3 is 2.05 bits per heavy atom. The zero-order valence-corrected chi connectivity index (χ0v) is 13.3. The molecule has 0 unspecified atom stereocenters. The summed E-state index contributed by atoms with van der Waals surface area (Å²) in [4.78, 5) is 36.1. The largest absolute Gasteiger partial charge is 0.480 e. The number of carbonyl (C=O) groups is 3. The minimum Gasteiger partial charge on any atom is -0.480 e. The van der Waals surface area contributed by atoms with Gasteiger partial charge in [-0.1, -0.05) is 13.8 Å². The molecule has 22 heavy (non-hydrogen) atoms. The molecule has 6 nitrogen and oxygen atoms in total. The number of carboxylic acids is 1. The van der Waals surface area contributed by atoms with E-state index in [1.54, 1.807) is 52.0 Å². The first-order valence-electron chi connectivity index (χ1n) is 7.16. The molecule has 0 bridgehead atoms. The quantitative estimate of drug-likeness (QED) is 0.843.